The van der Waals surface area contributed by atoms with Crippen LogP contribution in [0.15, 0.2) is 24.3 Å². The number of rotatable bonds is 5. The van der Waals surface area contributed by atoms with Crippen molar-refractivity contribution in [2.75, 3.05) is 0 Å². The lowest BCUT2D eigenvalue weighted by molar-refractivity contribution is -0.308. The largest absolute Gasteiger partial charge is 0.548 e. The van der Waals surface area contributed by atoms with Crippen molar-refractivity contribution in [3.8, 4) is 0 Å². The van der Waals surface area contributed by atoms with E-state index in [-0.39, 0.29) is 5.92 Å². The van der Waals surface area contributed by atoms with E-state index in [9.17, 15) is 14.7 Å². The molecule has 118 valence electrons. The Hall–Kier alpha value is -2.30. The Labute approximate surface area is 129 Å². The molecule has 1 aromatic heterocycles. The number of hydrogen-bond donors (Lipinski definition) is 1. The average molecular weight is 301 g/mol. The van der Waals surface area contributed by atoms with Gasteiger partial charge in [-0.3, -0.25) is 4.79 Å². The minimum absolute atomic E-state index is 0.151. The number of fused-ring (bicyclic) bond motifs is 1. The summed E-state index contributed by atoms with van der Waals surface area (Å²) in [4.78, 5) is 23.6. The zero-order valence-corrected chi connectivity index (χ0v) is 13.3. The van der Waals surface area contributed by atoms with Crippen molar-refractivity contribution in [1.82, 2.24) is 9.88 Å². The molecule has 5 nitrogen and oxygen atoms in total. The summed E-state index contributed by atoms with van der Waals surface area (Å²) in [5.74, 6) is -1.50. The van der Waals surface area contributed by atoms with Gasteiger partial charge in [-0.15, -0.1) is 0 Å². The summed E-state index contributed by atoms with van der Waals surface area (Å²) in [6, 6.07) is 6.72. The molecule has 1 N–H and O–H groups in total. The molecular weight excluding hydrogens is 280 g/mol. The van der Waals surface area contributed by atoms with Crippen LogP contribution in [0.25, 0.3) is 10.9 Å². The summed E-state index contributed by atoms with van der Waals surface area (Å²) >= 11 is 0. The fourth-order valence-corrected chi connectivity index (χ4v) is 2.60. The van der Waals surface area contributed by atoms with Crippen LogP contribution in [0.3, 0.4) is 0 Å². The summed E-state index contributed by atoms with van der Waals surface area (Å²) in [5, 5.41) is 14.7. The quantitative estimate of drug-likeness (QED) is 0.906. The highest BCUT2D eigenvalue weighted by atomic mass is 16.4. The van der Waals surface area contributed by atoms with Crippen LogP contribution < -0.4 is 10.4 Å². The van der Waals surface area contributed by atoms with Crippen molar-refractivity contribution in [2.24, 2.45) is 13.0 Å². The van der Waals surface area contributed by atoms with Gasteiger partial charge in [0, 0.05) is 18.0 Å². The van der Waals surface area contributed by atoms with Crippen LogP contribution in [0.5, 0.6) is 0 Å². The van der Waals surface area contributed by atoms with Crippen molar-refractivity contribution >= 4 is 22.8 Å². The number of aryl methyl sites for hydroxylation is 2. The molecule has 2 rings (SSSR count). The van der Waals surface area contributed by atoms with Crippen LogP contribution in [0, 0.1) is 12.8 Å². The van der Waals surface area contributed by atoms with E-state index in [1.54, 1.807) is 17.7 Å². The van der Waals surface area contributed by atoms with Crippen LogP contribution in [-0.4, -0.2) is 22.5 Å². The summed E-state index contributed by atoms with van der Waals surface area (Å²) in [5.41, 5.74) is 2.48. The molecule has 0 unspecified atom stereocenters. The molecule has 0 bridgehead atoms. The number of carbonyl (C=O) groups is 2. The Morgan fingerprint density at radius 2 is 1.95 bits per heavy atom. The molecule has 0 aliphatic heterocycles. The van der Waals surface area contributed by atoms with E-state index in [1.807, 2.05) is 39.0 Å². The molecule has 0 aliphatic rings. The van der Waals surface area contributed by atoms with Crippen LogP contribution in [-0.2, 0) is 11.8 Å². The zero-order valence-electron chi connectivity index (χ0n) is 13.3. The van der Waals surface area contributed by atoms with E-state index in [4.69, 9.17) is 0 Å². The first-order valence-corrected chi connectivity index (χ1v) is 7.37. The Kier molecular flexibility index (Phi) is 4.54. The van der Waals surface area contributed by atoms with E-state index in [1.165, 1.54) is 0 Å². The van der Waals surface area contributed by atoms with E-state index in [0.717, 1.165) is 16.5 Å². The summed E-state index contributed by atoms with van der Waals surface area (Å²) in [6.45, 7) is 5.80. The maximum Gasteiger partial charge on any atom is 0.268 e. The normalized spacial score (nSPS) is 12.6. The van der Waals surface area contributed by atoms with Gasteiger partial charge in [0.2, 0.25) is 0 Å². The molecule has 1 aromatic carbocycles. The van der Waals surface area contributed by atoms with Crippen molar-refractivity contribution in [2.45, 2.75) is 33.2 Å². The first-order chi connectivity index (χ1) is 10.3. The number of benzene rings is 1. The second-order valence-electron chi connectivity index (χ2n) is 6.13. The van der Waals surface area contributed by atoms with E-state index in [0.29, 0.717) is 12.1 Å². The predicted octanol–water partition coefficient (Wildman–Crippen LogP) is 1.38. The number of carbonyl (C=O) groups excluding carboxylic acids is 2. The van der Waals surface area contributed by atoms with Gasteiger partial charge < -0.3 is 19.8 Å². The molecule has 0 saturated heterocycles. The predicted molar refractivity (Wildman–Crippen MR) is 83.4 cm³/mol. The van der Waals surface area contributed by atoms with E-state index < -0.39 is 17.9 Å². The first-order valence-electron chi connectivity index (χ1n) is 7.37. The monoisotopic (exact) mass is 301 g/mol. The highest BCUT2D eigenvalue weighted by molar-refractivity contribution is 6.00. The van der Waals surface area contributed by atoms with E-state index in [2.05, 4.69) is 5.32 Å². The lowest BCUT2D eigenvalue weighted by Crippen LogP contribution is -2.48. The van der Waals surface area contributed by atoms with Crippen LogP contribution in [0.2, 0.25) is 0 Å². The smallest absolute Gasteiger partial charge is 0.268 e. The lowest BCUT2D eigenvalue weighted by atomic mass is 10.0. The van der Waals surface area contributed by atoms with Gasteiger partial charge in [-0.2, -0.15) is 0 Å². The van der Waals surface area contributed by atoms with Gasteiger partial charge in [0.25, 0.3) is 5.91 Å². The van der Waals surface area contributed by atoms with Gasteiger partial charge >= 0.3 is 0 Å². The summed E-state index contributed by atoms with van der Waals surface area (Å²) < 4.78 is 1.77. The molecule has 1 atom stereocenters. The average Bonchev–Trinajstić information content (AvgIpc) is 2.74. The van der Waals surface area contributed by atoms with Gasteiger partial charge in [-0.25, -0.2) is 0 Å². The fraction of sp³-hybridized carbons (Fsp3) is 0.412. The Morgan fingerprint density at radius 1 is 1.27 bits per heavy atom. The standard InChI is InChI=1S/C17H22N2O3/c1-10(2)7-13(17(21)22)18-16(20)15-9-12-8-11(3)5-6-14(12)19(15)4/h5-6,8-10,13H,7H2,1-4H3,(H,18,20)(H,21,22)/p-1/t13-/m0/s1. The highest BCUT2D eigenvalue weighted by Gasteiger charge is 2.19. The molecule has 5 heteroatoms. The number of nitrogens with zero attached hydrogens (tertiary/aromatic N) is 1. The third-order valence-corrected chi connectivity index (χ3v) is 3.73. The van der Waals surface area contributed by atoms with Gasteiger partial charge in [-0.1, -0.05) is 25.5 Å². The van der Waals surface area contributed by atoms with Crippen LogP contribution >= 0.6 is 0 Å². The van der Waals surface area contributed by atoms with Gasteiger partial charge in [0.1, 0.15) is 5.69 Å². The molecule has 0 aliphatic carbocycles. The first kappa shape index (κ1) is 16.1. The Bertz CT molecular complexity index is 716. The number of carboxylic acids is 1. The maximum atomic E-state index is 12.4. The minimum atomic E-state index is -1.25. The molecule has 0 radical (unpaired) electrons. The highest BCUT2D eigenvalue weighted by Crippen LogP contribution is 2.20. The van der Waals surface area contributed by atoms with Crippen LogP contribution in [0.4, 0.5) is 0 Å². The fourth-order valence-electron chi connectivity index (χ4n) is 2.60. The van der Waals surface area contributed by atoms with Crippen molar-refractivity contribution in [3.63, 3.8) is 0 Å². The molecular formula is C17H21N2O3-. The number of nitrogens with one attached hydrogen (secondary N) is 1. The third-order valence-electron chi connectivity index (χ3n) is 3.73. The number of aliphatic carboxylic acids is 1. The van der Waals surface area contributed by atoms with E-state index >= 15 is 0 Å². The van der Waals surface area contributed by atoms with Gasteiger partial charge in [-0.05, 0) is 37.5 Å². The number of amides is 1. The maximum absolute atomic E-state index is 12.4. The summed E-state index contributed by atoms with van der Waals surface area (Å²) in [6.07, 6.45) is 0.344. The van der Waals surface area contributed by atoms with Crippen LogP contribution in [0.1, 0.15) is 36.3 Å². The second-order valence-corrected chi connectivity index (χ2v) is 6.13. The number of carboxylic acid groups (broad SMARTS) is 1. The Balaban J connectivity index is 2.29. The topological polar surface area (TPSA) is 74.2 Å². The van der Waals surface area contributed by atoms with Gasteiger partial charge in [0.15, 0.2) is 0 Å². The SMILES string of the molecule is Cc1ccc2c(c1)cc(C(=O)N[C@@H](CC(C)C)C(=O)[O-])n2C. The molecule has 0 spiro atoms. The van der Waals surface area contributed by atoms with Gasteiger partial charge in [0.05, 0.1) is 12.0 Å². The second kappa shape index (κ2) is 6.22. The Morgan fingerprint density at radius 3 is 2.55 bits per heavy atom. The van der Waals surface area contributed by atoms with Crippen molar-refractivity contribution < 1.29 is 14.7 Å². The number of aromatic nitrogens is 1. The molecule has 22 heavy (non-hydrogen) atoms. The molecule has 0 saturated carbocycles. The van der Waals surface area contributed by atoms with Crippen molar-refractivity contribution in [3.05, 3.63) is 35.5 Å². The molecule has 2 aromatic rings. The number of hydrogen-bond acceptors (Lipinski definition) is 3. The molecule has 1 heterocycles. The lowest BCUT2D eigenvalue weighted by Gasteiger charge is -2.21. The van der Waals surface area contributed by atoms with Crippen molar-refractivity contribution in [1.29, 1.82) is 0 Å². The molecule has 1 amide bonds. The zero-order chi connectivity index (χ0) is 16.4. The summed E-state index contributed by atoms with van der Waals surface area (Å²) in [7, 11) is 1.79. The molecule has 0 fully saturated rings. The third kappa shape index (κ3) is 3.30. The minimum Gasteiger partial charge on any atom is -0.548 e.